The number of H-pyrrole nitrogens is 1. The average molecular weight is 495 g/mol. The van der Waals surface area contributed by atoms with Crippen LogP contribution in [0.5, 0.6) is 0 Å². The predicted molar refractivity (Wildman–Crippen MR) is 132 cm³/mol. The number of nitrogens with one attached hydrogen (secondary N) is 2. The number of rotatable bonds is 9. The van der Waals surface area contributed by atoms with Gasteiger partial charge in [0.2, 0.25) is 0 Å². The summed E-state index contributed by atoms with van der Waals surface area (Å²) in [5, 5.41) is 20.3. The van der Waals surface area contributed by atoms with E-state index < -0.39 is 12.1 Å². The first-order valence-electron chi connectivity index (χ1n) is 11.0. The van der Waals surface area contributed by atoms with Gasteiger partial charge in [0.05, 0.1) is 23.4 Å². The van der Waals surface area contributed by atoms with Crippen LogP contribution in [0.4, 0.5) is 4.39 Å². The summed E-state index contributed by atoms with van der Waals surface area (Å²) in [5.74, 6) is -0.733. The lowest BCUT2D eigenvalue weighted by atomic mass is 10.0. The number of hydrogen-bond donors (Lipinski definition) is 3. The van der Waals surface area contributed by atoms with Gasteiger partial charge in [0.1, 0.15) is 17.6 Å². The number of carbonyl (C=O) groups excluding carboxylic acids is 1. The molecule has 2 aromatic carbocycles. The lowest BCUT2D eigenvalue weighted by molar-refractivity contribution is 0.0214. The number of aromatic nitrogens is 3. The number of carbonyl (C=O) groups is 1. The Morgan fingerprint density at radius 1 is 1.14 bits per heavy atom. The monoisotopic (exact) mass is 494 g/mol. The third-order valence-corrected chi connectivity index (χ3v) is 6.04. The summed E-state index contributed by atoms with van der Waals surface area (Å²) in [6.07, 6.45) is 1.40. The van der Waals surface area contributed by atoms with Crippen molar-refractivity contribution < 1.29 is 19.0 Å². The summed E-state index contributed by atoms with van der Waals surface area (Å²) >= 11 is 6.64. The van der Waals surface area contributed by atoms with Crippen molar-refractivity contribution in [2.24, 2.45) is 0 Å². The van der Waals surface area contributed by atoms with Crippen molar-refractivity contribution >= 4 is 17.5 Å². The van der Waals surface area contributed by atoms with Crippen LogP contribution < -0.4 is 5.32 Å². The first-order chi connectivity index (χ1) is 17.0. The summed E-state index contributed by atoms with van der Waals surface area (Å²) in [6, 6.07) is 17.8. The van der Waals surface area contributed by atoms with E-state index in [1.807, 2.05) is 12.1 Å². The van der Waals surface area contributed by atoms with Crippen LogP contribution in [-0.4, -0.2) is 52.1 Å². The van der Waals surface area contributed by atoms with Crippen LogP contribution in [0.3, 0.4) is 0 Å². The van der Waals surface area contributed by atoms with Crippen LogP contribution in [0.2, 0.25) is 5.02 Å². The van der Waals surface area contributed by atoms with E-state index in [1.165, 1.54) is 19.2 Å². The topological polar surface area (TPSA) is 100 Å². The van der Waals surface area contributed by atoms with Crippen molar-refractivity contribution in [1.29, 1.82) is 0 Å². The molecule has 2 heterocycles. The number of aromatic amines is 1. The van der Waals surface area contributed by atoms with Gasteiger partial charge < -0.3 is 15.2 Å². The van der Waals surface area contributed by atoms with Crippen molar-refractivity contribution in [3.05, 3.63) is 95.0 Å². The molecule has 0 unspecified atom stereocenters. The Hall–Kier alpha value is -3.59. The van der Waals surface area contributed by atoms with Crippen molar-refractivity contribution in [3.8, 4) is 22.5 Å². The third-order valence-electron chi connectivity index (χ3n) is 5.67. The highest BCUT2D eigenvalue weighted by Gasteiger charge is 2.26. The Morgan fingerprint density at radius 2 is 1.89 bits per heavy atom. The molecule has 2 atom stereocenters. The number of halogens is 2. The zero-order valence-corrected chi connectivity index (χ0v) is 19.7. The van der Waals surface area contributed by atoms with E-state index >= 15 is 0 Å². The summed E-state index contributed by atoms with van der Waals surface area (Å²) in [7, 11) is 1.48. The molecular formula is C26H24ClFN4O3. The van der Waals surface area contributed by atoms with Gasteiger partial charge in [0.25, 0.3) is 5.91 Å². The minimum Gasteiger partial charge on any atom is -0.394 e. The van der Waals surface area contributed by atoms with E-state index in [0.717, 1.165) is 5.69 Å². The first kappa shape index (κ1) is 24.5. The van der Waals surface area contributed by atoms with E-state index in [2.05, 4.69) is 20.5 Å². The lowest BCUT2D eigenvalue weighted by Gasteiger charge is -2.26. The number of amides is 1. The molecule has 1 amide bonds. The van der Waals surface area contributed by atoms with Crippen molar-refractivity contribution in [1.82, 2.24) is 20.5 Å². The van der Waals surface area contributed by atoms with Gasteiger partial charge in [0, 0.05) is 42.1 Å². The molecule has 3 N–H and O–H groups in total. The molecule has 0 spiro atoms. The highest BCUT2D eigenvalue weighted by Crippen LogP contribution is 2.35. The Kier molecular flexibility index (Phi) is 7.87. The van der Waals surface area contributed by atoms with Crippen molar-refractivity contribution in [2.75, 3.05) is 13.7 Å². The highest BCUT2D eigenvalue weighted by molar-refractivity contribution is 6.35. The highest BCUT2D eigenvalue weighted by atomic mass is 35.5. The average Bonchev–Trinajstić information content (AvgIpc) is 3.26. The SMILES string of the molecule is CO[C@H](CO)[C@@H](Cc1ccccn1)NC(=O)c1ccccc1-c1n[nH]c(-c2ccc(F)cc2)c1Cl. The molecule has 35 heavy (non-hydrogen) atoms. The fourth-order valence-corrected chi connectivity index (χ4v) is 4.13. The molecule has 0 aliphatic heterocycles. The number of pyridine rings is 1. The molecule has 0 bridgehead atoms. The van der Waals surface area contributed by atoms with Crippen LogP contribution >= 0.6 is 11.6 Å². The zero-order valence-electron chi connectivity index (χ0n) is 18.9. The molecule has 9 heteroatoms. The molecule has 0 saturated heterocycles. The maximum Gasteiger partial charge on any atom is 0.252 e. The normalized spacial score (nSPS) is 12.8. The van der Waals surface area contributed by atoms with Crippen LogP contribution in [0.15, 0.2) is 72.9 Å². The summed E-state index contributed by atoms with van der Waals surface area (Å²) in [4.78, 5) is 17.7. The number of nitrogens with zero attached hydrogens (tertiary/aromatic N) is 2. The molecule has 7 nitrogen and oxygen atoms in total. The predicted octanol–water partition coefficient (Wildman–Crippen LogP) is 4.28. The Labute approximate surface area is 206 Å². The quantitative estimate of drug-likeness (QED) is 0.322. The van der Waals surface area contributed by atoms with E-state index in [9.17, 15) is 14.3 Å². The molecule has 180 valence electrons. The van der Waals surface area contributed by atoms with Crippen LogP contribution in [-0.2, 0) is 11.2 Å². The second-order valence-corrected chi connectivity index (χ2v) is 8.25. The van der Waals surface area contributed by atoms with Crippen LogP contribution in [0, 0.1) is 5.82 Å². The number of methoxy groups -OCH3 is 1. The number of aliphatic hydroxyl groups excluding tert-OH is 1. The molecule has 0 aliphatic carbocycles. The minimum atomic E-state index is -0.632. The third kappa shape index (κ3) is 5.57. The number of aliphatic hydroxyl groups is 1. The molecule has 0 saturated carbocycles. The Balaban J connectivity index is 1.64. The van der Waals surface area contributed by atoms with Gasteiger partial charge >= 0.3 is 0 Å². The smallest absolute Gasteiger partial charge is 0.252 e. The summed E-state index contributed by atoms with van der Waals surface area (Å²) in [5.41, 5.74) is 3.20. The van der Waals surface area contributed by atoms with E-state index in [4.69, 9.17) is 16.3 Å². The maximum absolute atomic E-state index is 13.4. The van der Waals surface area contributed by atoms with Gasteiger partial charge in [-0.05, 0) is 42.5 Å². The second-order valence-electron chi connectivity index (χ2n) is 7.88. The van der Waals surface area contributed by atoms with Gasteiger partial charge in [-0.2, -0.15) is 5.10 Å². The van der Waals surface area contributed by atoms with E-state index in [0.29, 0.717) is 39.5 Å². The van der Waals surface area contributed by atoms with Crippen LogP contribution in [0.25, 0.3) is 22.5 Å². The Morgan fingerprint density at radius 3 is 2.57 bits per heavy atom. The molecule has 0 fully saturated rings. The summed E-state index contributed by atoms with van der Waals surface area (Å²) < 4.78 is 18.7. The van der Waals surface area contributed by atoms with Gasteiger partial charge in [0.15, 0.2) is 0 Å². The fourth-order valence-electron chi connectivity index (χ4n) is 3.83. The van der Waals surface area contributed by atoms with Gasteiger partial charge in [-0.25, -0.2) is 4.39 Å². The van der Waals surface area contributed by atoms with Gasteiger partial charge in [-0.15, -0.1) is 0 Å². The largest absolute Gasteiger partial charge is 0.394 e. The molecule has 4 rings (SSSR count). The number of ether oxygens (including phenoxy) is 1. The van der Waals surface area contributed by atoms with Crippen molar-refractivity contribution in [2.45, 2.75) is 18.6 Å². The van der Waals surface area contributed by atoms with E-state index in [1.54, 1.807) is 48.7 Å². The molecule has 0 radical (unpaired) electrons. The minimum absolute atomic E-state index is 0.276. The summed E-state index contributed by atoms with van der Waals surface area (Å²) in [6.45, 7) is -0.276. The van der Waals surface area contributed by atoms with Gasteiger partial charge in [-0.3, -0.25) is 14.9 Å². The van der Waals surface area contributed by atoms with Gasteiger partial charge in [-0.1, -0.05) is 35.9 Å². The second kappa shape index (κ2) is 11.2. The Bertz CT molecular complexity index is 1280. The maximum atomic E-state index is 13.4. The number of benzene rings is 2. The molecular weight excluding hydrogens is 471 g/mol. The number of hydrogen-bond acceptors (Lipinski definition) is 5. The lowest BCUT2D eigenvalue weighted by Crippen LogP contribution is -2.47. The van der Waals surface area contributed by atoms with E-state index in [-0.39, 0.29) is 18.3 Å². The van der Waals surface area contributed by atoms with Crippen LogP contribution in [0.1, 0.15) is 16.1 Å². The fraction of sp³-hybridized carbons (Fsp3) is 0.192. The molecule has 0 aliphatic rings. The molecule has 4 aromatic rings. The zero-order chi connectivity index (χ0) is 24.8. The first-order valence-corrected chi connectivity index (χ1v) is 11.3. The molecule has 2 aromatic heterocycles. The van der Waals surface area contributed by atoms with Crippen molar-refractivity contribution in [3.63, 3.8) is 0 Å². The standard InChI is InChI=1S/C26H24ClFN4O3/c1-35-22(15-33)21(14-18-6-4-5-13-29-18)30-26(34)20-8-3-2-7-19(20)25-23(27)24(31-32-25)16-9-11-17(28)12-10-16/h2-13,21-22,33H,14-15H2,1H3,(H,30,34)(H,31,32)/t21-,22-/m1/s1.